The Hall–Kier alpha value is -4.20. The Morgan fingerprint density at radius 3 is 2.64 bits per heavy atom. The summed E-state index contributed by atoms with van der Waals surface area (Å²) in [5.74, 6) is -3.34. The molecule has 5 unspecified atom stereocenters. The predicted octanol–water partition coefficient (Wildman–Crippen LogP) is 3.67. The summed E-state index contributed by atoms with van der Waals surface area (Å²) in [6.07, 6.45) is 8.81. The summed E-state index contributed by atoms with van der Waals surface area (Å²) >= 11 is 0. The van der Waals surface area contributed by atoms with Crippen molar-refractivity contribution in [2.75, 3.05) is 18.9 Å². The van der Waals surface area contributed by atoms with Gasteiger partial charge in [-0.2, -0.15) is 0 Å². The van der Waals surface area contributed by atoms with Gasteiger partial charge in [0.15, 0.2) is 0 Å². The Bertz CT molecular complexity index is 1700. The number of allylic oxidation sites excluding steroid dienone is 1. The molecule has 3 aliphatic carbocycles. The molecule has 3 fully saturated rings. The third-order valence-electron chi connectivity index (χ3n) is 9.98. The van der Waals surface area contributed by atoms with Crippen LogP contribution in [-0.2, 0) is 29.1 Å². The number of carbonyl (C=O) groups is 4. The second-order valence-corrected chi connectivity index (χ2v) is 15.8. The Morgan fingerprint density at radius 2 is 1.91 bits per heavy atom. The maximum absolute atomic E-state index is 14.0. The van der Waals surface area contributed by atoms with E-state index in [4.69, 9.17) is 9.15 Å². The van der Waals surface area contributed by atoms with Crippen LogP contribution < -0.4 is 15.4 Å². The Balaban J connectivity index is 1.21. The third kappa shape index (κ3) is 6.65. The smallest absolute Gasteiger partial charge is 0.411 e. The average molecular weight is 668 g/mol. The minimum Gasteiger partial charge on any atom is -0.446 e. The largest absolute Gasteiger partial charge is 0.446 e. The fraction of sp³-hybridized carbons (Fsp3) is 0.545. The van der Waals surface area contributed by atoms with Crippen LogP contribution in [0.2, 0.25) is 0 Å². The van der Waals surface area contributed by atoms with E-state index >= 15 is 0 Å². The van der Waals surface area contributed by atoms with E-state index in [1.54, 1.807) is 31.0 Å². The fourth-order valence-electron chi connectivity index (χ4n) is 6.59. The van der Waals surface area contributed by atoms with Crippen molar-refractivity contribution in [3.8, 4) is 11.5 Å². The number of aromatic nitrogens is 1. The zero-order valence-corrected chi connectivity index (χ0v) is 27.6. The van der Waals surface area contributed by atoms with E-state index in [0.29, 0.717) is 36.5 Å². The highest BCUT2D eigenvalue weighted by Gasteiger charge is 2.63. The molecule has 47 heavy (non-hydrogen) atoms. The molecule has 0 saturated heterocycles. The number of nitrogens with zero attached hydrogens (tertiary/aromatic N) is 2. The van der Waals surface area contributed by atoms with Crippen LogP contribution in [0.1, 0.15) is 63.9 Å². The molecule has 4 aliphatic rings. The fourth-order valence-corrected chi connectivity index (χ4v) is 7.90. The molecule has 1 aromatic heterocycles. The van der Waals surface area contributed by atoms with E-state index in [2.05, 4.69) is 20.3 Å². The van der Waals surface area contributed by atoms with Gasteiger partial charge in [-0.3, -0.25) is 24.4 Å². The van der Waals surface area contributed by atoms with Gasteiger partial charge in [0.25, 0.3) is 5.91 Å². The van der Waals surface area contributed by atoms with Crippen LogP contribution in [0.3, 0.4) is 0 Å². The summed E-state index contributed by atoms with van der Waals surface area (Å²) in [7, 11) is -2.25. The first kappa shape index (κ1) is 32.7. The molecule has 252 valence electrons. The van der Waals surface area contributed by atoms with Crippen LogP contribution in [0.5, 0.6) is 0 Å². The lowest BCUT2D eigenvalue weighted by molar-refractivity contribution is -0.140. The van der Waals surface area contributed by atoms with Crippen LogP contribution in [0.15, 0.2) is 47.2 Å². The maximum atomic E-state index is 14.0. The van der Waals surface area contributed by atoms with Crippen LogP contribution in [-0.4, -0.2) is 72.1 Å². The lowest BCUT2D eigenvalue weighted by Gasteiger charge is -2.27. The summed E-state index contributed by atoms with van der Waals surface area (Å²) < 4.78 is 38.3. The number of sulfonamides is 1. The normalized spacial score (nSPS) is 29.4. The number of benzene rings is 1. The third-order valence-corrected chi connectivity index (χ3v) is 12.1. The molecule has 2 heterocycles. The molecule has 4 amide bonds. The number of rotatable bonds is 6. The van der Waals surface area contributed by atoms with Crippen LogP contribution in [0.25, 0.3) is 11.5 Å². The first-order valence-electron chi connectivity index (χ1n) is 16.1. The van der Waals surface area contributed by atoms with Gasteiger partial charge in [0, 0.05) is 19.5 Å². The number of nitrogens with one attached hydrogen (secondary N) is 3. The highest BCUT2D eigenvalue weighted by atomic mass is 32.2. The van der Waals surface area contributed by atoms with Crippen molar-refractivity contribution in [3.05, 3.63) is 48.4 Å². The lowest BCUT2D eigenvalue weighted by Crippen LogP contribution is -2.55. The SMILES string of the molecule is Cc1ccc(-c2ncco2)c(NC(=O)OC2CC3C(=O)NC4(C(=O)NS(=O)(=O)C5(C)CC5)CC4/C=C/CCCCN(C)C(=O)C3C2)c1. The van der Waals surface area contributed by atoms with Crippen molar-refractivity contribution < 1.29 is 36.7 Å². The number of oxazole rings is 1. The molecule has 1 aromatic carbocycles. The first-order chi connectivity index (χ1) is 22.3. The molecule has 13 nitrogen and oxygen atoms in total. The van der Waals surface area contributed by atoms with Gasteiger partial charge in [0.05, 0.1) is 34.0 Å². The van der Waals surface area contributed by atoms with E-state index < -0.39 is 56.2 Å². The zero-order valence-electron chi connectivity index (χ0n) is 26.8. The highest BCUT2D eigenvalue weighted by molar-refractivity contribution is 7.91. The zero-order chi connectivity index (χ0) is 33.6. The van der Waals surface area contributed by atoms with Crippen LogP contribution >= 0.6 is 0 Å². The van der Waals surface area contributed by atoms with E-state index in [-0.39, 0.29) is 31.1 Å². The highest BCUT2D eigenvalue weighted by Crippen LogP contribution is 2.48. The molecule has 2 aromatic rings. The lowest BCUT2D eigenvalue weighted by atomic mass is 9.93. The van der Waals surface area contributed by atoms with E-state index in [1.807, 2.05) is 25.1 Å². The van der Waals surface area contributed by atoms with Crippen molar-refractivity contribution in [1.29, 1.82) is 0 Å². The van der Waals surface area contributed by atoms with Crippen molar-refractivity contribution in [1.82, 2.24) is 19.9 Å². The number of carbonyl (C=O) groups excluding carboxylic acids is 4. The average Bonchev–Trinajstić information content (AvgIpc) is 3.77. The number of amides is 4. The number of aryl methyl sites for hydroxylation is 1. The van der Waals surface area contributed by atoms with Gasteiger partial charge >= 0.3 is 6.09 Å². The van der Waals surface area contributed by atoms with Crippen LogP contribution in [0.4, 0.5) is 10.5 Å². The van der Waals surface area contributed by atoms with Crippen LogP contribution in [0, 0.1) is 24.7 Å². The number of anilines is 1. The molecule has 5 atom stereocenters. The molecule has 6 rings (SSSR count). The summed E-state index contributed by atoms with van der Waals surface area (Å²) in [4.78, 5) is 60.2. The standard InChI is InChI=1S/C33H41N5O8S/c1-20-9-10-23(28-34-13-15-45-28)26(16-20)35-31(42)46-22-17-24-25(18-22)29(40)38(3)14-7-5-4-6-8-21-19-33(21,36-27(24)39)30(41)37-47(43,44)32(2)11-12-32/h6,8-10,13,15-16,21-22,24-25H,4-5,7,11-12,14,17-19H2,1-3H3,(H,35,42)(H,36,39)(H,37,41)/b8-6+. The predicted molar refractivity (Wildman–Crippen MR) is 171 cm³/mol. The van der Waals surface area contributed by atoms with Crippen molar-refractivity contribution in [2.24, 2.45) is 17.8 Å². The van der Waals surface area contributed by atoms with Crippen molar-refractivity contribution >= 4 is 39.5 Å². The quantitative estimate of drug-likeness (QED) is 0.388. The van der Waals surface area contributed by atoms with Gasteiger partial charge in [-0.25, -0.2) is 18.2 Å². The summed E-state index contributed by atoms with van der Waals surface area (Å²) in [6.45, 7) is 3.97. The van der Waals surface area contributed by atoms with Gasteiger partial charge in [-0.1, -0.05) is 18.2 Å². The number of hydrogen-bond acceptors (Lipinski definition) is 9. The molecule has 0 radical (unpaired) electrons. The van der Waals surface area contributed by atoms with Crippen molar-refractivity contribution in [3.63, 3.8) is 0 Å². The van der Waals surface area contributed by atoms with Gasteiger partial charge in [0.2, 0.25) is 27.7 Å². The molecule has 1 aliphatic heterocycles. The second-order valence-electron chi connectivity index (χ2n) is 13.6. The Morgan fingerprint density at radius 1 is 1.15 bits per heavy atom. The number of ether oxygens (including phenoxy) is 1. The maximum Gasteiger partial charge on any atom is 0.411 e. The van der Waals surface area contributed by atoms with Gasteiger partial charge in [-0.15, -0.1) is 0 Å². The summed E-state index contributed by atoms with van der Waals surface area (Å²) in [5, 5.41) is 5.61. The molecule has 0 spiro atoms. The molecule has 3 saturated carbocycles. The van der Waals surface area contributed by atoms with Crippen molar-refractivity contribution in [2.45, 2.75) is 81.6 Å². The molecule has 3 N–H and O–H groups in total. The number of fused-ring (bicyclic) bond motifs is 2. The molecule has 14 heteroatoms. The summed E-state index contributed by atoms with van der Waals surface area (Å²) in [6, 6.07) is 5.39. The van der Waals surface area contributed by atoms with Gasteiger partial charge < -0.3 is 19.4 Å². The molecular weight excluding hydrogens is 626 g/mol. The monoisotopic (exact) mass is 667 g/mol. The second kappa shape index (κ2) is 12.4. The first-order valence-corrected chi connectivity index (χ1v) is 17.6. The Kier molecular flexibility index (Phi) is 8.66. The van der Waals surface area contributed by atoms with E-state index in [0.717, 1.165) is 24.8 Å². The van der Waals surface area contributed by atoms with E-state index in [1.165, 1.54) is 12.5 Å². The summed E-state index contributed by atoms with van der Waals surface area (Å²) in [5.41, 5.74) is 0.421. The topological polar surface area (TPSA) is 177 Å². The molecule has 0 bridgehead atoms. The van der Waals surface area contributed by atoms with Gasteiger partial charge in [0.1, 0.15) is 17.9 Å². The molecular formula is C33H41N5O8S. The number of hydrogen-bond donors (Lipinski definition) is 3. The van der Waals surface area contributed by atoms with E-state index in [9.17, 15) is 27.6 Å². The van der Waals surface area contributed by atoms with Gasteiger partial charge in [-0.05, 0) is 82.9 Å². The minimum absolute atomic E-state index is 0.0541. The minimum atomic E-state index is -3.94. The Labute approximate surface area is 273 Å².